The Morgan fingerprint density at radius 3 is 0.667 bits per heavy atom. The Kier molecular flexibility index (Phi) is 27.7. The second-order valence-electron chi connectivity index (χ2n) is 8.54. The summed E-state index contributed by atoms with van der Waals surface area (Å²) in [5, 5.41) is 1.18. The van der Waals surface area contributed by atoms with E-state index in [2.05, 4.69) is 28.6 Å². The molecule has 0 aliphatic heterocycles. The van der Waals surface area contributed by atoms with Gasteiger partial charge in [-0.15, -0.1) is 0 Å². The van der Waals surface area contributed by atoms with Crippen LogP contribution in [-0.2, 0) is 0 Å². The quantitative estimate of drug-likeness (QED) is 0.0821. The average Bonchev–Trinajstić information content (AvgIpc) is 2.68. The highest BCUT2D eigenvalue weighted by atomic mass is 79.9. The zero-order chi connectivity index (χ0) is 19.7. The third-order valence-corrected chi connectivity index (χ3v) is 6.67. The van der Waals surface area contributed by atoms with Gasteiger partial charge in [-0.25, -0.2) is 0 Å². The van der Waals surface area contributed by atoms with E-state index in [1.54, 1.807) is 0 Å². The molecule has 0 saturated heterocycles. The number of alkyl halides is 1. The van der Waals surface area contributed by atoms with Crippen LogP contribution in [0.2, 0.25) is 0 Å². The molecule has 0 aliphatic carbocycles. The van der Waals surface area contributed by atoms with Gasteiger partial charge in [0.1, 0.15) is 0 Å². The minimum absolute atomic E-state index is 1.07. The molecule has 0 aliphatic rings. The molecule has 0 rings (SSSR count). The molecule has 0 heterocycles. The highest BCUT2D eigenvalue weighted by Gasteiger charge is 1.95. The smallest absolute Gasteiger partial charge is 0.00313 e. The first-order valence-corrected chi connectivity index (χ1v) is 14.3. The SMILES string of the molecule is SCCCCCCCCCCCCCCCCCCCCCCCCCBr. The fourth-order valence-corrected chi connectivity index (χ4v) is 4.54. The predicted octanol–water partition coefficient (Wildman–Crippen LogP) is 10.3. The van der Waals surface area contributed by atoms with E-state index in [0.29, 0.717) is 0 Å². The van der Waals surface area contributed by atoms with Crippen LogP contribution in [0.4, 0.5) is 0 Å². The van der Waals surface area contributed by atoms with E-state index in [1.165, 1.54) is 153 Å². The minimum atomic E-state index is 1.07. The van der Waals surface area contributed by atoms with E-state index in [1.807, 2.05) is 0 Å². The maximum Gasteiger partial charge on any atom is 0.00313 e. The van der Waals surface area contributed by atoms with Crippen molar-refractivity contribution in [3.05, 3.63) is 0 Å². The summed E-state index contributed by atoms with van der Waals surface area (Å²) in [4.78, 5) is 0. The molecule has 0 aromatic heterocycles. The Labute approximate surface area is 187 Å². The second-order valence-corrected chi connectivity index (χ2v) is 9.78. The molecule has 27 heavy (non-hydrogen) atoms. The van der Waals surface area contributed by atoms with Crippen molar-refractivity contribution in [2.75, 3.05) is 11.1 Å². The average molecular weight is 464 g/mol. The second kappa shape index (κ2) is 26.8. The van der Waals surface area contributed by atoms with Crippen LogP contribution in [0.25, 0.3) is 0 Å². The number of hydrogen-bond donors (Lipinski definition) is 1. The van der Waals surface area contributed by atoms with E-state index >= 15 is 0 Å². The van der Waals surface area contributed by atoms with Crippen molar-refractivity contribution in [3.63, 3.8) is 0 Å². The Balaban J connectivity index is 2.95. The molecule has 0 spiro atoms. The molecule has 164 valence electrons. The van der Waals surface area contributed by atoms with Gasteiger partial charge in [0.2, 0.25) is 0 Å². The molecule has 0 aromatic carbocycles. The van der Waals surface area contributed by atoms with Crippen LogP contribution >= 0.6 is 28.6 Å². The molecule has 2 heteroatoms. The zero-order valence-electron chi connectivity index (χ0n) is 18.5. The van der Waals surface area contributed by atoms with Crippen LogP contribution in [0.3, 0.4) is 0 Å². The molecule has 0 unspecified atom stereocenters. The van der Waals surface area contributed by atoms with Crippen molar-refractivity contribution in [2.45, 2.75) is 148 Å². The molecule has 0 fully saturated rings. The maximum absolute atomic E-state index is 4.27. The number of unbranched alkanes of at least 4 members (excludes halogenated alkanes) is 22. The van der Waals surface area contributed by atoms with Crippen molar-refractivity contribution in [1.82, 2.24) is 0 Å². The lowest BCUT2D eigenvalue weighted by Crippen LogP contribution is -1.84. The largest absolute Gasteiger partial charge is 0.179 e. The molecular formula is C25H51BrS. The number of hydrogen-bond acceptors (Lipinski definition) is 1. The number of rotatable bonds is 24. The Morgan fingerprint density at radius 2 is 0.481 bits per heavy atom. The highest BCUT2D eigenvalue weighted by Crippen LogP contribution is 2.15. The monoisotopic (exact) mass is 462 g/mol. The zero-order valence-corrected chi connectivity index (χ0v) is 21.0. The van der Waals surface area contributed by atoms with E-state index in [0.717, 1.165) is 5.75 Å². The highest BCUT2D eigenvalue weighted by molar-refractivity contribution is 9.09. The molecule has 0 bridgehead atoms. The van der Waals surface area contributed by atoms with E-state index < -0.39 is 0 Å². The summed E-state index contributed by atoms with van der Waals surface area (Å²) >= 11 is 7.78. The Morgan fingerprint density at radius 1 is 0.296 bits per heavy atom. The van der Waals surface area contributed by atoms with Gasteiger partial charge in [0.05, 0.1) is 0 Å². The van der Waals surface area contributed by atoms with Crippen LogP contribution in [0.1, 0.15) is 148 Å². The molecule has 0 radical (unpaired) electrons. The topological polar surface area (TPSA) is 0 Å². The third-order valence-electron chi connectivity index (χ3n) is 5.79. The fraction of sp³-hybridized carbons (Fsp3) is 1.00. The molecular weight excluding hydrogens is 412 g/mol. The van der Waals surface area contributed by atoms with Gasteiger partial charge in [-0.3, -0.25) is 0 Å². The van der Waals surface area contributed by atoms with Crippen molar-refractivity contribution in [2.24, 2.45) is 0 Å². The van der Waals surface area contributed by atoms with Crippen molar-refractivity contribution < 1.29 is 0 Å². The van der Waals surface area contributed by atoms with Crippen LogP contribution in [0, 0.1) is 0 Å². The maximum atomic E-state index is 4.27. The van der Waals surface area contributed by atoms with Gasteiger partial charge < -0.3 is 0 Å². The molecule has 0 aromatic rings. The van der Waals surface area contributed by atoms with Crippen LogP contribution in [0.15, 0.2) is 0 Å². The standard InChI is InChI=1S/C25H51BrS/c26-24-22-20-18-16-14-12-10-8-6-4-2-1-3-5-7-9-11-13-15-17-19-21-23-25-27/h27H,1-25H2. The normalized spacial score (nSPS) is 11.3. The van der Waals surface area contributed by atoms with Gasteiger partial charge in [-0.2, -0.15) is 12.6 Å². The lowest BCUT2D eigenvalue weighted by atomic mass is 10.0. The minimum Gasteiger partial charge on any atom is -0.179 e. The molecule has 0 amide bonds. The van der Waals surface area contributed by atoms with Crippen LogP contribution in [0.5, 0.6) is 0 Å². The van der Waals surface area contributed by atoms with Gasteiger partial charge in [-0.05, 0) is 18.6 Å². The molecule has 0 N–H and O–H groups in total. The first-order valence-electron chi connectivity index (χ1n) is 12.6. The van der Waals surface area contributed by atoms with Crippen molar-refractivity contribution >= 4 is 28.6 Å². The Hall–Kier alpha value is 0.830. The summed E-state index contributed by atoms with van der Waals surface area (Å²) in [6.45, 7) is 0. The molecule has 0 saturated carbocycles. The van der Waals surface area contributed by atoms with E-state index in [9.17, 15) is 0 Å². The van der Waals surface area contributed by atoms with E-state index in [4.69, 9.17) is 0 Å². The summed E-state index contributed by atoms with van der Waals surface area (Å²) < 4.78 is 0. The third kappa shape index (κ3) is 26.8. The molecule has 0 nitrogen and oxygen atoms in total. The number of halogens is 1. The van der Waals surface area contributed by atoms with Gasteiger partial charge in [0.25, 0.3) is 0 Å². The summed E-state index contributed by atoms with van der Waals surface area (Å²) in [6.07, 6.45) is 33.4. The summed E-state index contributed by atoms with van der Waals surface area (Å²) in [5.41, 5.74) is 0. The lowest BCUT2D eigenvalue weighted by molar-refractivity contribution is 0.519. The van der Waals surface area contributed by atoms with E-state index in [-0.39, 0.29) is 0 Å². The lowest BCUT2D eigenvalue weighted by Gasteiger charge is -2.04. The van der Waals surface area contributed by atoms with Crippen molar-refractivity contribution in [1.29, 1.82) is 0 Å². The van der Waals surface area contributed by atoms with Crippen LogP contribution < -0.4 is 0 Å². The molecule has 0 atom stereocenters. The Bertz CT molecular complexity index is 220. The van der Waals surface area contributed by atoms with Crippen molar-refractivity contribution in [3.8, 4) is 0 Å². The first kappa shape index (κ1) is 27.8. The first-order chi connectivity index (χ1) is 13.4. The van der Waals surface area contributed by atoms with Crippen LogP contribution in [-0.4, -0.2) is 11.1 Å². The predicted molar refractivity (Wildman–Crippen MR) is 134 cm³/mol. The number of thiol groups is 1. The van der Waals surface area contributed by atoms with Gasteiger partial charge in [0, 0.05) is 5.33 Å². The van der Waals surface area contributed by atoms with Gasteiger partial charge in [-0.1, -0.05) is 151 Å². The fourth-order valence-electron chi connectivity index (χ4n) is 3.92. The summed E-state index contributed by atoms with van der Waals surface area (Å²) in [6, 6.07) is 0. The van der Waals surface area contributed by atoms with Gasteiger partial charge in [0.15, 0.2) is 0 Å². The van der Waals surface area contributed by atoms with Gasteiger partial charge >= 0.3 is 0 Å². The summed E-state index contributed by atoms with van der Waals surface area (Å²) in [7, 11) is 0. The summed E-state index contributed by atoms with van der Waals surface area (Å²) in [5.74, 6) is 1.07.